The average molecular weight is 412 g/mol. The van der Waals surface area contributed by atoms with Gasteiger partial charge in [-0.2, -0.15) is 0 Å². The molecule has 2 aromatic heterocycles. The highest BCUT2D eigenvalue weighted by atomic mass is 35.5. The maximum absolute atomic E-state index is 6.74. The van der Waals surface area contributed by atoms with Crippen molar-refractivity contribution in [2.45, 2.75) is 33.1 Å². The van der Waals surface area contributed by atoms with E-state index in [1.165, 1.54) is 19.3 Å². The molecule has 0 saturated carbocycles. The number of fused-ring (bicyclic) bond motifs is 1. The third-order valence-electron chi connectivity index (χ3n) is 5.63. The Hall–Kier alpha value is -2.53. The SMILES string of the molecule is COc1cc(OC)c(Cl)c(-c2cc3cnc(C)cc3c(N3CCCCC3)n2)c1C. The lowest BCUT2D eigenvalue weighted by atomic mass is 10.0. The minimum Gasteiger partial charge on any atom is -0.496 e. The lowest BCUT2D eigenvalue weighted by molar-refractivity contribution is 0.393. The largest absolute Gasteiger partial charge is 0.496 e. The molecule has 1 aliphatic heterocycles. The molecule has 1 saturated heterocycles. The predicted molar refractivity (Wildman–Crippen MR) is 119 cm³/mol. The van der Waals surface area contributed by atoms with E-state index in [1.807, 2.05) is 26.1 Å². The number of aromatic nitrogens is 2. The summed E-state index contributed by atoms with van der Waals surface area (Å²) in [6.07, 6.45) is 5.56. The highest BCUT2D eigenvalue weighted by Gasteiger charge is 2.22. The maximum atomic E-state index is 6.74. The number of piperidine rings is 1. The number of halogens is 1. The second-order valence-electron chi connectivity index (χ2n) is 7.52. The first kappa shape index (κ1) is 19.8. The standard InChI is InChI=1S/C23H26ClN3O2/c1-14-10-17-16(13-25-14)11-18(26-23(17)27-8-6-5-7-9-27)21-15(2)19(28-3)12-20(29-4)22(21)24/h10-13H,5-9H2,1-4H3. The zero-order chi connectivity index (χ0) is 20.5. The summed E-state index contributed by atoms with van der Waals surface area (Å²) < 4.78 is 11.1. The van der Waals surface area contributed by atoms with Gasteiger partial charge in [0.1, 0.15) is 17.3 Å². The van der Waals surface area contributed by atoms with Crippen LogP contribution in [0, 0.1) is 13.8 Å². The van der Waals surface area contributed by atoms with Gasteiger partial charge in [-0.1, -0.05) is 11.6 Å². The highest BCUT2D eigenvalue weighted by Crippen LogP contribution is 2.43. The van der Waals surface area contributed by atoms with E-state index in [1.54, 1.807) is 14.2 Å². The molecule has 1 fully saturated rings. The zero-order valence-corrected chi connectivity index (χ0v) is 18.1. The van der Waals surface area contributed by atoms with Crippen molar-refractivity contribution >= 4 is 28.2 Å². The lowest BCUT2D eigenvalue weighted by Crippen LogP contribution is -2.30. The Bertz CT molecular complexity index is 1030. The Morgan fingerprint density at radius 3 is 2.38 bits per heavy atom. The van der Waals surface area contributed by atoms with Gasteiger partial charge in [-0.15, -0.1) is 0 Å². The number of pyridine rings is 2. The first-order valence-electron chi connectivity index (χ1n) is 9.97. The normalized spacial score (nSPS) is 14.3. The molecule has 0 radical (unpaired) electrons. The van der Waals surface area contributed by atoms with Crippen LogP contribution in [-0.4, -0.2) is 37.3 Å². The third-order valence-corrected chi connectivity index (χ3v) is 6.00. The van der Waals surface area contributed by atoms with Crippen LogP contribution < -0.4 is 14.4 Å². The molecule has 0 amide bonds. The van der Waals surface area contributed by atoms with Crippen LogP contribution in [0.1, 0.15) is 30.5 Å². The Morgan fingerprint density at radius 1 is 0.966 bits per heavy atom. The first-order valence-corrected chi connectivity index (χ1v) is 10.3. The number of aryl methyl sites for hydroxylation is 1. The van der Waals surface area contributed by atoms with Gasteiger partial charge >= 0.3 is 0 Å². The first-order chi connectivity index (χ1) is 14.0. The quantitative estimate of drug-likeness (QED) is 0.561. The van der Waals surface area contributed by atoms with Crippen molar-refractivity contribution in [3.05, 3.63) is 40.7 Å². The van der Waals surface area contributed by atoms with Crippen molar-refractivity contribution in [3.63, 3.8) is 0 Å². The van der Waals surface area contributed by atoms with E-state index in [0.717, 1.165) is 57.9 Å². The molecule has 152 valence electrons. The van der Waals surface area contributed by atoms with Gasteiger partial charge in [-0.25, -0.2) is 4.98 Å². The van der Waals surface area contributed by atoms with E-state index < -0.39 is 0 Å². The summed E-state index contributed by atoms with van der Waals surface area (Å²) in [5.74, 6) is 2.30. The summed E-state index contributed by atoms with van der Waals surface area (Å²) in [5.41, 5.74) is 3.57. The number of nitrogens with zero attached hydrogens (tertiary/aromatic N) is 3. The second-order valence-corrected chi connectivity index (χ2v) is 7.90. The molecule has 6 heteroatoms. The van der Waals surface area contributed by atoms with E-state index in [9.17, 15) is 0 Å². The van der Waals surface area contributed by atoms with Crippen molar-refractivity contribution in [2.75, 3.05) is 32.2 Å². The molecular formula is C23H26ClN3O2. The number of hydrogen-bond acceptors (Lipinski definition) is 5. The Balaban J connectivity index is 1.99. The topological polar surface area (TPSA) is 47.5 Å². The number of ether oxygens (including phenoxy) is 2. The second kappa shape index (κ2) is 8.07. The van der Waals surface area contributed by atoms with Gasteiger partial charge in [0.05, 0.1) is 24.9 Å². The number of methoxy groups -OCH3 is 2. The molecule has 0 N–H and O–H groups in total. The summed E-state index contributed by atoms with van der Waals surface area (Å²) >= 11 is 6.74. The lowest BCUT2D eigenvalue weighted by Gasteiger charge is -2.29. The van der Waals surface area contributed by atoms with Crippen LogP contribution in [0.3, 0.4) is 0 Å². The third kappa shape index (κ3) is 3.60. The Kier molecular flexibility index (Phi) is 5.50. The van der Waals surface area contributed by atoms with Crippen LogP contribution in [0.25, 0.3) is 22.0 Å². The van der Waals surface area contributed by atoms with Crippen molar-refractivity contribution < 1.29 is 9.47 Å². The Labute approximate surface area is 176 Å². The van der Waals surface area contributed by atoms with Gasteiger partial charge in [-0.3, -0.25) is 4.98 Å². The number of rotatable bonds is 4. The van der Waals surface area contributed by atoms with Crippen LogP contribution in [0.5, 0.6) is 11.5 Å². The van der Waals surface area contributed by atoms with Crippen LogP contribution in [-0.2, 0) is 0 Å². The van der Waals surface area contributed by atoms with Crippen LogP contribution >= 0.6 is 11.6 Å². The van der Waals surface area contributed by atoms with Crippen LogP contribution in [0.2, 0.25) is 5.02 Å². The van der Waals surface area contributed by atoms with Crippen molar-refractivity contribution in [2.24, 2.45) is 0 Å². The molecule has 4 rings (SSSR count). The molecule has 0 spiro atoms. The Morgan fingerprint density at radius 2 is 1.69 bits per heavy atom. The summed E-state index contributed by atoms with van der Waals surface area (Å²) in [4.78, 5) is 12.0. The van der Waals surface area contributed by atoms with Crippen molar-refractivity contribution in [1.82, 2.24) is 9.97 Å². The smallest absolute Gasteiger partial charge is 0.141 e. The summed E-state index contributed by atoms with van der Waals surface area (Å²) in [6.45, 7) is 6.04. The molecule has 0 bridgehead atoms. The number of benzene rings is 1. The van der Waals surface area contributed by atoms with E-state index >= 15 is 0 Å². The van der Waals surface area contributed by atoms with Gasteiger partial charge in [0.25, 0.3) is 0 Å². The van der Waals surface area contributed by atoms with Gasteiger partial charge in [0, 0.05) is 52.9 Å². The highest BCUT2D eigenvalue weighted by molar-refractivity contribution is 6.35. The monoisotopic (exact) mass is 411 g/mol. The van der Waals surface area contributed by atoms with E-state index in [2.05, 4.69) is 22.0 Å². The number of anilines is 1. The van der Waals surface area contributed by atoms with E-state index in [4.69, 9.17) is 26.1 Å². The average Bonchev–Trinajstić information content (AvgIpc) is 2.74. The van der Waals surface area contributed by atoms with Crippen molar-refractivity contribution in [1.29, 1.82) is 0 Å². The fourth-order valence-corrected chi connectivity index (χ4v) is 4.44. The molecule has 5 nitrogen and oxygen atoms in total. The van der Waals surface area contributed by atoms with Gasteiger partial charge in [0.15, 0.2) is 0 Å². The fraction of sp³-hybridized carbons (Fsp3) is 0.391. The molecule has 0 aliphatic carbocycles. The number of hydrogen-bond donors (Lipinski definition) is 0. The predicted octanol–water partition coefficient (Wildman–Crippen LogP) is 5.57. The molecule has 0 atom stereocenters. The fourth-order valence-electron chi connectivity index (χ4n) is 4.07. The minimum absolute atomic E-state index is 0.544. The zero-order valence-electron chi connectivity index (χ0n) is 17.4. The molecule has 3 aromatic rings. The molecule has 3 heterocycles. The minimum atomic E-state index is 0.544. The van der Waals surface area contributed by atoms with Crippen molar-refractivity contribution in [3.8, 4) is 22.8 Å². The molecule has 1 aliphatic rings. The van der Waals surface area contributed by atoms with E-state index in [0.29, 0.717) is 10.8 Å². The molecule has 0 unspecified atom stereocenters. The van der Waals surface area contributed by atoms with E-state index in [-0.39, 0.29) is 0 Å². The van der Waals surface area contributed by atoms with Gasteiger partial charge in [-0.05, 0) is 45.2 Å². The van der Waals surface area contributed by atoms with Gasteiger partial charge < -0.3 is 14.4 Å². The molecule has 29 heavy (non-hydrogen) atoms. The maximum Gasteiger partial charge on any atom is 0.141 e. The molecule has 1 aromatic carbocycles. The summed E-state index contributed by atoms with van der Waals surface area (Å²) in [6, 6.07) is 6.00. The van der Waals surface area contributed by atoms with Crippen LogP contribution in [0.4, 0.5) is 5.82 Å². The molecular weight excluding hydrogens is 386 g/mol. The summed E-state index contributed by atoms with van der Waals surface area (Å²) in [7, 11) is 3.26. The summed E-state index contributed by atoms with van der Waals surface area (Å²) in [5, 5.41) is 2.73. The van der Waals surface area contributed by atoms with Gasteiger partial charge in [0.2, 0.25) is 0 Å². The van der Waals surface area contributed by atoms with Crippen LogP contribution in [0.15, 0.2) is 24.4 Å².